The fourth-order valence-corrected chi connectivity index (χ4v) is 2.25. The Bertz CT molecular complexity index is 410. The van der Waals surface area contributed by atoms with Crippen molar-refractivity contribution < 1.29 is 24.2 Å². The summed E-state index contributed by atoms with van der Waals surface area (Å²) in [5, 5.41) is 11.3. The van der Waals surface area contributed by atoms with Crippen molar-refractivity contribution in [2.75, 3.05) is 13.1 Å². The van der Waals surface area contributed by atoms with Crippen LogP contribution in [-0.2, 0) is 14.3 Å². The molecule has 0 aromatic heterocycles. The smallest absolute Gasteiger partial charge is 0.326 e. The Morgan fingerprint density at radius 1 is 1.50 bits per heavy atom. The third-order valence-electron chi connectivity index (χ3n) is 2.86. The highest BCUT2D eigenvalue weighted by Gasteiger charge is 2.35. The zero-order valence-corrected chi connectivity index (χ0v) is 11.9. The summed E-state index contributed by atoms with van der Waals surface area (Å²) < 4.78 is 5.66. The molecule has 1 saturated heterocycles. The van der Waals surface area contributed by atoms with Crippen LogP contribution in [0.5, 0.6) is 0 Å². The van der Waals surface area contributed by atoms with E-state index in [4.69, 9.17) is 15.6 Å². The minimum absolute atomic E-state index is 0.149. The quantitative estimate of drug-likeness (QED) is 0.645. The van der Waals surface area contributed by atoms with Gasteiger partial charge in [0.1, 0.15) is 6.04 Å². The molecule has 1 aliphatic rings. The number of carbonyl (C=O) groups is 3. The normalized spacial score (nSPS) is 22.9. The summed E-state index contributed by atoms with van der Waals surface area (Å²) in [7, 11) is 0. The number of hydrogen-bond acceptors (Lipinski definition) is 4. The number of carboxylic acid groups (broad SMARTS) is 1. The zero-order valence-electron chi connectivity index (χ0n) is 11.9. The molecule has 0 bridgehead atoms. The predicted molar refractivity (Wildman–Crippen MR) is 70.0 cm³/mol. The molecule has 1 rings (SSSR count). The number of urea groups is 1. The first-order chi connectivity index (χ1) is 9.10. The molecule has 3 amide bonds. The molecule has 4 N–H and O–H groups in total. The number of primary amides is 1. The summed E-state index contributed by atoms with van der Waals surface area (Å²) in [5.41, 5.74) is 4.46. The molecule has 1 aliphatic heterocycles. The Balaban J connectivity index is 2.68. The Labute approximate surface area is 117 Å². The third kappa shape index (κ3) is 4.69. The molecule has 1 fully saturated rings. The van der Waals surface area contributed by atoms with Crippen molar-refractivity contribution in [2.45, 2.75) is 44.9 Å². The van der Waals surface area contributed by atoms with Crippen LogP contribution in [0, 0.1) is 0 Å². The highest BCUT2D eigenvalue weighted by Crippen LogP contribution is 2.20. The highest BCUT2D eigenvalue weighted by atomic mass is 16.5. The number of morpholine rings is 1. The van der Waals surface area contributed by atoms with E-state index in [-0.39, 0.29) is 6.10 Å². The van der Waals surface area contributed by atoms with Gasteiger partial charge in [0.15, 0.2) is 0 Å². The largest absolute Gasteiger partial charge is 0.480 e. The van der Waals surface area contributed by atoms with Crippen molar-refractivity contribution >= 4 is 17.9 Å². The van der Waals surface area contributed by atoms with Crippen LogP contribution in [0.2, 0.25) is 0 Å². The lowest BCUT2D eigenvalue weighted by Crippen LogP contribution is -2.58. The minimum atomic E-state index is -1.32. The summed E-state index contributed by atoms with van der Waals surface area (Å²) in [5.74, 6) is -2.08. The first kappa shape index (κ1) is 16.2. The Morgan fingerprint density at radius 2 is 2.10 bits per heavy atom. The average molecular weight is 287 g/mol. The molecule has 8 nitrogen and oxygen atoms in total. The fraction of sp³-hybridized carbons (Fsp3) is 0.750. The molecule has 0 saturated carbocycles. The van der Waals surface area contributed by atoms with Gasteiger partial charge in [0.05, 0.1) is 24.7 Å². The van der Waals surface area contributed by atoms with E-state index < -0.39 is 36.0 Å². The molecule has 2 unspecified atom stereocenters. The van der Waals surface area contributed by atoms with Crippen LogP contribution in [-0.4, -0.2) is 58.8 Å². The lowest BCUT2D eigenvalue weighted by atomic mass is 10.1. The number of nitrogens with two attached hydrogens (primary N) is 1. The maximum absolute atomic E-state index is 12.1. The van der Waals surface area contributed by atoms with Crippen LogP contribution in [0.1, 0.15) is 27.2 Å². The first-order valence-electron chi connectivity index (χ1n) is 6.35. The van der Waals surface area contributed by atoms with E-state index in [1.807, 2.05) is 20.8 Å². The van der Waals surface area contributed by atoms with Crippen molar-refractivity contribution in [2.24, 2.45) is 5.73 Å². The van der Waals surface area contributed by atoms with Gasteiger partial charge >= 0.3 is 12.0 Å². The van der Waals surface area contributed by atoms with E-state index in [2.05, 4.69) is 5.32 Å². The number of nitrogens with one attached hydrogen (secondary N) is 1. The molecular weight excluding hydrogens is 266 g/mol. The van der Waals surface area contributed by atoms with E-state index >= 15 is 0 Å². The van der Waals surface area contributed by atoms with Gasteiger partial charge in [-0.3, -0.25) is 4.79 Å². The lowest BCUT2D eigenvalue weighted by molar-refractivity contribution is -0.141. The number of aliphatic carboxylic acids is 1. The average Bonchev–Trinajstić information content (AvgIpc) is 2.24. The number of carbonyl (C=O) groups excluding carboxylic acids is 2. The van der Waals surface area contributed by atoms with Gasteiger partial charge in [-0.25, -0.2) is 9.59 Å². The van der Waals surface area contributed by atoms with E-state index in [0.29, 0.717) is 13.1 Å². The number of carboxylic acids is 1. The number of amides is 3. The van der Waals surface area contributed by atoms with Gasteiger partial charge in [0.2, 0.25) is 5.91 Å². The van der Waals surface area contributed by atoms with Crippen molar-refractivity contribution in [1.82, 2.24) is 10.2 Å². The van der Waals surface area contributed by atoms with Gasteiger partial charge in [-0.2, -0.15) is 0 Å². The van der Waals surface area contributed by atoms with Gasteiger partial charge in [-0.15, -0.1) is 0 Å². The summed E-state index contributed by atoms with van der Waals surface area (Å²) in [4.78, 5) is 35.3. The lowest BCUT2D eigenvalue weighted by Gasteiger charge is -2.41. The molecule has 8 heteroatoms. The van der Waals surface area contributed by atoms with Crippen LogP contribution in [0.25, 0.3) is 0 Å². The maximum Gasteiger partial charge on any atom is 0.326 e. The molecule has 1 heterocycles. The number of ether oxygens (including phenoxy) is 1. The number of rotatable bonds is 4. The standard InChI is InChI=1S/C12H21N3O5/c1-7-5-15(6-12(2,3)20-7)11(19)14-8(10(17)18)4-9(13)16/h7-8H,4-6H2,1-3H3,(H2,13,16)(H,14,19)(H,17,18). The van der Waals surface area contributed by atoms with Gasteiger partial charge in [0.25, 0.3) is 0 Å². The van der Waals surface area contributed by atoms with Gasteiger partial charge in [-0.05, 0) is 20.8 Å². The molecule has 0 spiro atoms. The predicted octanol–water partition coefficient (Wildman–Crippen LogP) is -0.476. The highest BCUT2D eigenvalue weighted by molar-refractivity contribution is 5.87. The van der Waals surface area contributed by atoms with E-state index in [1.165, 1.54) is 4.90 Å². The molecule has 2 atom stereocenters. The van der Waals surface area contributed by atoms with Gasteiger partial charge in [0, 0.05) is 6.54 Å². The van der Waals surface area contributed by atoms with Crippen molar-refractivity contribution in [3.63, 3.8) is 0 Å². The number of hydrogen-bond donors (Lipinski definition) is 3. The van der Waals surface area contributed by atoms with Crippen molar-refractivity contribution in [3.05, 3.63) is 0 Å². The molecule has 0 aromatic rings. The Hall–Kier alpha value is -1.83. The third-order valence-corrected chi connectivity index (χ3v) is 2.86. The monoisotopic (exact) mass is 287 g/mol. The summed E-state index contributed by atoms with van der Waals surface area (Å²) in [6.45, 7) is 6.23. The van der Waals surface area contributed by atoms with Gasteiger partial charge in [-0.1, -0.05) is 0 Å². The maximum atomic E-state index is 12.1. The molecule has 114 valence electrons. The van der Waals surface area contributed by atoms with Crippen LogP contribution < -0.4 is 11.1 Å². The first-order valence-corrected chi connectivity index (χ1v) is 6.35. The SMILES string of the molecule is CC1CN(C(=O)NC(CC(N)=O)C(=O)O)CC(C)(C)O1. The second-order valence-corrected chi connectivity index (χ2v) is 5.58. The van der Waals surface area contributed by atoms with Crippen LogP contribution in [0.3, 0.4) is 0 Å². The zero-order chi connectivity index (χ0) is 15.5. The van der Waals surface area contributed by atoms with Crippen molar-refractivity contribution in [1.29, 1.82) is 0 Å². The van der Waals surface area contributed by atoms with Crippen LogP contribution >= 0.6 is 0 Å². The molecule has 0 aliphatic carbocycles. The van der Waals surface area contributed by atoms with Crippen LogP contribution in [0.15, 0.2) is 0 Å². The summed E-state index contributed by atoms with van der Waals surface area (Å²) in [6, 6.07) is -1.86. The van der Waals surface area contributed by atoms with Gasteiger partial charge < -0.3 is 25.8 Å². The Kier molecular flexibility index (Phi) is 4.93. The molecule has 20 heavy (non-hydrogen) atoms. The second-order valence-electron chi connectivity index (χ2n) is 5.58. The second kappa shape index (κ2) is 6.08. The van der Waals surface area contributed by atoms with Crippen LogP contribution in [0.4, 0.5) is 4.79 Å². The van der Waals surface area contributed by atoms with E-state index in [1.54, 1.807) is 0 Å². The molecular formula is C12H21N3O5. The summed E-state index contributed by atoms with van der Waals surface area (Å²) >= 11 is 0. The minimum Gasteiger partial charge on any atom is -0.480 e. The fourth-order valence-electron chi connectivity index (χ4n) is 2.25. The molecule has 0 aromatic carbocycles. The Morgan fingerprint density at radius 3 is 2.55 bits per heavy atom. The molecule has 0 radical (unpaired) electrons. The van der Waals surface area contributed by atoms with Crippen molar-refractivity contribution in [3.8, 4) is 0 Å². The topological polar surface area (TPSA) is 122 Å². The van der Waals surface area contributed by atoms with E-state index in [9.17, 15) is 14.4 Å². The van der Waals surface area contributed by atoms with E-state index in [0.717, 1.165) is 0 Å². The number of nitrogens with zero attached hydrogens (tertiary/aromatic N) is 1. The summed E-state index contributed by atoms with van der Waals surface area (Å²) in [6.07, 6.45) is -0.589.